The fraction of sp³-hybridized carbons (Fsp3) is 0.278. The van der Waals surface area contributed by atoms with Gasteiger partial charge in [0.05, 0.1) is 43.4 Å². The second kappa shape index (κ2) is 9.09. The second-order valence-corrected chi connectivity index (χ2v) is 9.42. The Morgan fingerprint density at radius 1 is 1.21 bits per heavy atom. The number of aromatic nitrogens is 3. The first-order valence-electron chi connectivity index (χ1n) is 8.22. The molecule has 28 heavy (non-hydrogen) atoms. The van der Waals surface area contributed by atoms with Crippen molar-refractivity contribution in [1.29, 1.82) is 0 Å². The number of nitrogens with one attached hydrogen (secondary N) is 1. The minimum absolute atomic E-state index is 0.164. The van der Waals surface area contributed by atoms with Crippen LogP contribution < -0.4 is 5.32 Å². The number of aryl methyl sites for hydroxylation is 1. The van der Waals surface area contributed by atoms with E-state index < -0.39 is 0 Å². The maximum Gasteiger partial charge on any atom is 0.260 e. The van der Waals surface area contributed by atoms with Gasteiger partial charge in [-0.2, -0.15) is 9.47 Å². The molecule has 2 heterocycles. The van der Waals surface area contributed by atoms with E-state index in [-0.39, 0.29) is 5.91 Å². The SMILES string of the molecule is CSc1nsc(SC)c1C(=O)Nc1c(C)nn(Cc2ccc(Cl)c(Cl)c2)c1C. The fourth-order valence-corrected chi connectivity index (χ4v) is 5.35. The summed E-state index contributed by atoms with van der Waals surface area (Å²) >= 11 is 16.4. The summed E-state index contributed by atoms with van der Waals surface area (Å²) in [6, 6.07) is 5.51. The van der Waals surface area contributed by atoms with Crippen molar-refractivity contribution in [3.05, 3.63) is 50.8 Å². The molecular weight excluding hydrogens is 455 g/mol. The van der Waals surface area contributed by atoms with Gasteiger partial charge in [-0.1, -0.05) is 29.3 Å². The predicted octanol–water partition coefficient (Wildman–Crippen LogP) is 6.01. The number of carbonyl (C=O) groups excluding carboxylic acids is 1. The van der Waals surface area contributed by atoms with E-state index in [4.69, 9.17) is 23.2 Å². The lowest BCUT2D eigenvalue weighted by molar-refractivity contribution is 0.102. The maximum absolute atomic E-state index is 12.9. The number of thioether (sulfide) groups is 2. The topological polar surface area (TPSA) is 59.8 Å². The Kier molecular flexibility index (Phi) is 6.98. The third-order valence-corrected chi connectivity index (χ3v) is 7.65. The van der Waals surface area contributed by atoms with Crippen LogP contribution in [0.3, 0.4) is 0 Å². The van der Waals surface area contributed by atoms with Crippen LogP contribution in [0.1, 0.15) is 27.3 Å². The van der Waals surface area contributed by atoms with Crippen LogP contribution >= 0.6 is 58.3 Å². The van der Waals surface area contributed by atoms with Gasteiger partial charge in [-0.25, -0.2) is 0 Å². The van der Waals surface area contributed by atoms with E-state index in [1.807, 2.05) is 43.2 Å². The molecular formula is C18H18Cl2N4OS3. The summed E-state index contributed by atoms with van der Waals surface area (Å²) in [5.74, 6) is -0.164. The first kappa shape index (κ1) is 21.5. The highest BCUT2D eigenvalue weighted by Crippen LogP contribution is 2.34. The monoisotopic (exact) mass is 472 g/mol. The summed E-state index contributed by atoms with van der Waals surface area (Å²) in [5, 5.41) is 9.37. The molecule has 0 saturated carbocycles. The largest absolute Gasteiger partial charge is 0.319 e. The highest BCUT2D eigenvalue weighted by molar-refractivity contribution is 8.01. The van der Waals surface area contributed by atoms with Gasteiger partial charge >= 0.3 is 0 Å². The van der Waals surface area contributed by atoms with Crippen molar-refractivity contribution in [3.8, 4) is 0 Å². The highest BCUT2D eigenvalue weighted by atomic mass is 35.5. The van der Waals surface area contributed by atoms with Gasteiger partial charge in [0, 0.05) is 0 Å². The van der Waals surface area contributed by atoms with E-state index >= 15 is 0 Å². The molecule has 10 heteroatoms. The van der Waals surface area contributed by atoms with Crippen molar-refractivity contribution in [2.24, 2.45) is 0 Å². The molecule has 5 nitrogen and oxygen atoms in total. The zero-order chi connectivity index (χ0) is 20.4. The van der Waals surface area contributed by atoms with E-state index in [2.05, 4.69) is 14.8 Å². The van der Waals surface area contributed by atoms with Gasteiger partial charge in [-0.3, -0.25) is 9.48 Å². The van der Waals surface area contributed by atoms with Crippen LogP contribution in [0.5, 0.6) is 0 Å². The molecule has 0 aliphatic heterocycles. The molecule has 0 unspecified atom stereocenters. The zero-order valence-electron chi connectivity index (χ0n) is 15.7. The molecule has 0 radical (unpaired) electrons. The van der Waals surface area contributed by atoms with Crippen molar-refractivity contribution in [2.75, 3.05) is 17.8 Å². The molecule has 148 valence electrons. The van der Waals surface area contributed by atoms with Crippen LogP contribution in [0, 0.1) is 13.8 Å². The standard InChI is InChI=1S/C18H18Cl2N4OS3/c1-9-15(21-16(25)14-17(26-3)23-28-18(14)27-4)10(2)24(22-9)8-11-5-6-12(19)13(20)7-11/h5-7H,8H2,1-4H3,(H,21,25). The maximum atomic E-state index is 12.9. The first-order valence-corrected chi connectivity index (χ1v) is 12.2. The number of amides is 1. The summed E-state index contributed by atoms with van der Waals surface area (Å²) in [7, 11) is 0. The molecule has 1 aromatic carbocycles. The van der Waals surface area contributed by atoms with Crippen molar-refractivity contribution in [1.82, 2.24) is 14.2 Å². The predicted molar refractivity (Wildman–Crippen MR) is 121 cm³/mol. The minimum atomic E-state index is -0.164. The number of halogens is 2. The molecule has 0 bridgehead atoms. The van der Waals surface area contributed by atoms with Crippen LogP contribution in [0.25, 0.3) is 0 Å². The van der Waals surface area contributed by atoms with Crippen LogP contribution in [0.15, 0.2) is 27.4 Å². The van der Waals surface area contributed by atoms with E-state index in [1.54, 1.807) is 6.07 Å². The van der Waals surface area contributed by atoms with E-state index in [0.29, 0.717) is 22.2 Å². The molecule has 3 aromatic rings. The van der Waals surface area contributed by atoms with Crippen molar-refractivity contribution in [2.45, 2.75) is 29.6 Å². The van der Waals surface area contributed by atoms with Gasteiger partial charge in [-0.15, -0.1) is 23.5 Å². The van der Waals surface area contributed by atoms with Crippen LogP contribution in [0.4, 0.5) is 5.69 Å². The third-order valence-electron chi connectivity index (χ3n) is 4.17. The summed E-state index contributed by atoms with van der Waals surface area (Å²) in [4.78, 5) is 12.9. The Morgan fingerprint density at radius 3 is 2.61 bits per heavy atom. The normalized spacial score (nSPS) is 11.1. The average molecular weight is 473 g/mol. The number of hydrogen-bond acceptors (Lipinski definition) is 6. The van der Waals surface area contributed by atoms with Crippen LogP contribution in [-0.4, -0.2) is 32.6 Å². The lowest BCUT2D eigenvalue weighted by atomic mass is 10.2. The Bertz CT molecular complexity index is 1010. The number of benzene rings is 1. The average Bonchev–Trinajstić information content (AvgIpc) is 3.20. The smallest absolute Gasteiger partial charge is 0.260 e. The number of hydrogen-bond donors (Lipinski definition) is 1. The van der Waals surface area contributed by atoms with Crippen LogP contribution in [0.2, 0.25) is 10.0 Å². The van der Waals surface area contributed by atoms with E-state index in [9.17, 15) is 4.79 Å². The van der Waals surface area contributed by atoms with Gasteiger partial charge < -0.3 is 5.32 Å². The molecule has 0 saturated heterocycles. The summed E-state index contributed by atoms with van der Waals surface area (Å²) < 4.78 is 7.12. The second-order valence-electron chi connectivity index (χ2n) is 5.96. The lowest BCUT2D eigenvalue weighted by Gasteiger charge is -2.08. The fourth-order valence-electron chi connectivity index (χ4n) is 2.75. The molecule has 3 rings (SSSR count). The Hall–Kier alpha value is -1.19. The third kappa shape index (κ3) is 4.36. The summed E-state index contributed by atoms with van der Waals surface area (Å²) in [6.07, 6.45) is 3.86. The van der Waals surface area contributed by atoms with Crippen molar-refractivity contribution in [3.63, 3.8) is 0 Å². The molecule has 0 atom stereocenters. The Labute approximate surface area is 186 Å². The molecule has 0 fully saturated rings. The van der Waals surface area contributed by atoms with E-state index in [0.717, 1.165) is 31.9 Å². The molecule has 0 aliphatic rings. The van der Waals surface area contributed by atoms with Gasteiger partial charge in [0.1, 0.15) is 5.03 Å². The number of rotatable bonds is 6. The molecule has 1 amide bonds. The van der Waals surface area contributed by atoms with Gasteiger partial charge in [-0.05, 0) is 55.6 Å². The lowest BCUT2D eigenvalue weighted by Crippen LogP contribution is -2.14. The molecule has 0 aliphatic carbocycles. The molecule has 2 aromatic heterocycles. The highest BCUT2D eigenvalue weighted by Gasteiger charge is 2.23. The van der Waals surface area contributed by atoms with Gasteiger partial charge in [0.25, 0.3) is 5.91 Å². The Balaban J connectivity index is 1.87. The molecule has 0 spiro atoms. The summed E-state index contributed by atoms with van der Waals surface area (Å²) in [5.41, 5.74) is 3.95. The van der Waals surface area contributed by atoms with E-state index in [1.165, 1.54) is 35.1 Å². The van der Waals surface area contributed by atoms with Crippen molar-refractivity contribution >= 4 is 69.9 Å². The first-order chi connectivity index (χ1) is 13.3. The Morgan fingerprint density at radius 2 is 1.96 bits per heavy atom. The summed E-state index contributed by atoms with van der Waals surface area (Å²) in [6.45, 7) is 4.35. The minimum Gasteiger partial charge on any atom is -0.319 e. The van der Waals surface area contributed by atoms with Crippen LogP contribution in [-0.2, 0) is 6.54 Å². The number of nitrogens with zero attached hydrogens (tertiary/aromatic N) is 3. The quantitative estimate of drug-likeness (QED) is 0.445. The van der Waals surface area contributed by atoms with Gasteiger partial charge in [0.2, 0.25) is 0 Å². The van der Waals surface area contributed by atoms with Crippen molar-refractivity contribution < 1.29 is 4.79 Å². The number of anilines is 1. The molecule has 1 N–H and O–H groups in total. The number of carbonyl (C=O) groups is 1. The van der Waals surface area contributed by atoms with Gasteiger partial charge in [0.15, 0.2) is 0 Å². The zero-order valence-corrected chi connectivity index (χ0v) is 19.6.